The lowest BCUT2D eigenvalue weighted by Gasteiger charge is -2.28. The van der Waals surface area contributed by atoms with E-state index < -0.39 is 5.60 Å². The van der Waals surface area contributed by atoms with Crippen LogP contribution in [0.25, 0.3) is 0 Å². The zero-order chi connectivity index (χ0) is 14.8. The highest BCUT2D eigenvalue weighted by Gasteiger charge is 2.40. The van der Waals surface area contributed by atoms with Gasteiger partial charge in [0.15, 0.2) is 0 Å². The van der Waals surface area contributed by atoms with E-state index in [1.807, 2.05) is 20.8 Å². The van der Waals surface area contributed by atoms with Gasteiger partial charge in [-0.3, -0.25) is 4.90 Å². The highest BCUT2D eigenvalue weighted by molar-refractivity contribution is 5.74. The van der Waals surface area contributed by atoms with Crippen molar-refractivity contribution in [2.24, 2.45) is 11.8 Å². The molecule has 1 aliphatic heterocycles. The maximum Gasteiger partial charge on any atom is 0.410 e. The molecule has 0 spiro atoms. The maximum atomic E-state index is 12.2. The molecule has 1 heterocycles. The molecule has 1 saturated heterocycles. The van der Waals surface area contributed by atoms with Crippen LogP contribution in [0.1, 0.15) is 59.3 Å². The SMILES string of the molecule is CC(C)(C)OC(=O)N1C[C@H](C2CCCCC2)CC1C=O. The molecular formula is C16H27NO3. The minimum Gasteiger partial charge on any atom is -0.444 e. The molecule has 0 radical (unpaired) electrons. The molecule has 2 atom stereocenters. The van der Waals surface area contributed by atoms with Crippen molar-refractivity contribution in [2.45, 2.75) is 70.9 Å². The number of likely N-dealkylation sites (tertiary alicyclic amines) is 1. The van der Waals surface area contributed by atoms with Gasteiger partial charge in [-0.15, -0.1) is 0 Å². The second-order valence-corrected chi connectivity index (χ2v) is 7.23. The summed E-state index contributed by atoms with van der Waals surface area (Å²) >= 11 is 0. The molecule has 2 fully saturated rings. The number of carbonyl (C=O) groups is 2. The predicted molar refractivity (Wildman–Crippen MR) is 77.5 cm³/mol. The van der Waals surface area contributed by atoms with Gasteiger partial charge in [0.1, 0.15) is 11.9 Å². The first-order valence-corrected chi connectivity index (χ1v) is 7.85. The first-order chi connectivity index (χ1) is 9.40. The Hall–Kier alpha value is -1.06. The number of ether oxygens (including phenoxy) is 1. The van der Waals surface area contributed by atoms with Crippen molar-refractivity contribution in [3.05, 3.63) is 0 Å². The van der Waals surface area contributed by atoms with Crippen LogP contribution in [0.2, 0.25) is 0 Å². The van der Waals surface area contributed by atoms with Gasteiger partial charge in [0, 0.05) is 6.54 Å². The summed E-state index contributed by atoms with van der Waals surface area (Å²) in [6, 6.07) is -0.295. The Labute approximate surface area is 121 Å². The third-order valence-electron chi connectivity index (χ3n) is 4.48. The second kappa shape index (κ2) is 6.15. The van der Waals surface area contributed by atoms with E-state index in [0.29, 0.717) is 18.4 Å². The molecule has 0 aromatic carbocycles. The Morgan fingerprint density at radius 2 is 1.80 bits per heavy atom. The van der Waals surface area contributed by atoms with Crippen molar-refractivity contribution in [3.8, 4) is 0 Å². The number of nitrogens with zero attached hydrogens (tertiary/aromatic N) is 1. The molecule has 0 aromatic heterocycles. The summed E-state index contributed by atoms with van der Waals surface area (Å²) in [4.78, 5) is 25.1. The fourth-order valence-electron chi connectivity index (χ4n) is 3.51. The standard InChI is InChI=1S/C16H27NO3/c1-16(2,3)20-15(19)17-10-13(9-14(17)11-18)12-7-5-4-6-8-12/h11-14H,4-10H2,1-3H3/t13-,14?/m1/s1. The predicted octanol–water partition coefficient (Wildman–Crippen LogP) is 3.39. The van der Waals surface area contributed by atoms with Crippen molar-refractivity contribution < 1.29 is 14.3 Å². The van der Waals surface area contributed by atoms with Crippen LogP contribution in [0.3, 0.4) is 0 Å². The van der Waals surface area contributed by atoms with Crippen LogP contribution in [0, 0.1) is 11.8 Å². The van der Waals surface area contributed by atoms with Crippen molar-refractivity contribution in [3.63, 3.8) is 0 Å². The van der Waals surface area contributed by atoms with E-state index in [1.165, 1.54) is 32.1 Å². The lowest BCUT2D eigenvalue weighted by molar-refractivity contribution is -0.111. The van der Waals surface area contributed by atoms with Crippen molar-refractivity contribution >= 4 is 12.4 Å². The number of rotatable bonds is 2. The van der Waals surface area contributed by atoms with Gasteiger partial charge in [-0.25, -0.2) is 4.79 Å². The van der Waals surface area contributed by atoms with Crippen LogP contribution in [0.4, 0.5) is 4.79 Å². The normalized spacial score (nSPS) is 28.4. The topological polar surface area (TPSA) is 46.6 Å². The zero-order valence-corrected chi connectivity index (χ0v) is 12.9. The Kier molecular flexibility index (Phi) is 4.71. The summed E-state index contributed by atoms with van der Waals surface area (Å²) in [5.41, 5.74) is -0.507. The number of aldehydes is 1. The van der Waals surface area contributed by atoms with Crippen LogP contribution < -0.4 is 0 Å². The lowest BCUT2D eigenvalue weighted by atomic mass is 9.79. The van der Waals surface area contributed by atoms with E-state index >= 15 is 0 Å². The Morgan fingerprint density at radius 3 is 2.35 bits per heavy atom. The molecule has 4 heteroatoms. The molecule has 4 nitrogen and oxygen atoms in total. The van der Waals surface area contributed by atoms with Gasteiger partial charge in [-0.05, 0) is 39.0 Å². The molecule has 1 amide bonds. The minimum absolute atomic E-state index is 0.295. The third-order valence-corrected chi connectivity index (χ3v) is 4.48. The fourth-order valence-corrected chi connectivity index (χ4v) is 3.51. The maximum absolute atomic E-state index is 12.2. The summed E-state index contributed by atoms with van der Waals surface area (Å²) in [7, 11) is 0. The number of carbonyl (C=O) groups excluding carboxylic acids is 2. The number of hydrogen-bond donors (Lipinski definition) is 0. The first kappa shape index (κ1) is 15.3. The van der Waals surface area contributed by atoms with E-state index in [4.69, 9.17) is 4.74 Å². The van der Waals surface area contributed by atoms with Gasteiger partial charge in [0.25, 0.3) is 0 Å². The third kappa shape index (κ3) is 3.74. The minimum atomic E-state index is -0.507. The Bertz CT molecular complexity index is 355. The number of hydrogen-bond acceptors (Lipinski definition) is 3. The lowest BCUT2D eigenvalue weighted by Crippen LogP contribution is -2.40. The fraction of sp³-hybridized carbons (Fsp3) is 0.875. The van der Waals surface area contributed by atoms with Crippen LogP contribution in [-0.4, -0.2) is 35.5 Å². The molecule has 20 heavy (non-hydrogen) atoms. The van der Waals surface area contributed by atoms with E-state index in [1.54, 1.807) is 4.90 Å². The van der Waals surface area contributed by atoms with Crippen molar-refractivity contribution in [2.75, 3.05) is 6.54 Å². The molecule has 0 N–H and O–H groups in total. The Balaban J connectivity index is 1.98. The van der Waals surface area contributed by atoms with Gasteiger partial charge in [0.05, 0.1) is 6.04 Å². The highest BCUT2D eigenvalue weighted by Crippen LogP contribution is 2.37. The van der Waals surface area contributed by atoms with Gasteiger partial charge in [-0.2, -0.15) is 0 Å². The molecule has 114 valence electrons. The monoisotopic (exact) mass is 281 g/mol. The summed E-state index contributed by atoms with van der Waals surface area (Å²) in [6.07, 6.45) is 7.79. The van der Waals surface area contributed by atoms with Crippen molar-refractivity contribution in [1.29, 1.82) is 0 Å². The molecule has 2 rings (SSSR count). The first-order valence-electron chi connectivity index (χ1n) is 7.85. The highest BCUT2D eigenvalue weighted by atomic mass is 16.6. The number of amides is 1. The average Bonchev–Trinajstić information content (AvgIpc) is 2.82. The smallest absolute Gasteiger partial charge is 0.410 e. The molecule has 2 aliphatic rings. The molecule has 1 saturated carbocycles. The molecule has 1 aliphatic carbocycles. The molecule has 1 unspecified atom stereocenters. The average molecular weight is 281 g/mol. The summed E-state index contributed by atoms with van der Waals surface area (Å²) in [5, 5.41) is 0. The Morgan fingerprint density at radius 1 is 1.15 bits per heavy atom. The molecule has 0 bridgehead atoms. The largest absolute Gasteiger partial charge is 0.444 e. The van der Waals surface area contributed by atoms with E-state index in [9.17, 15) is 9.59 Å². The quantitative estimate of drug-likeness (QED) is 0.729. The molecule has 0 aromatic rings. The second-order valence-electron chi connectivity index (χ2n) is 7.23. The van der Waals surface area contributed by atoms with E-state index in [0.717, 1.165) is 12.7 Å². The van der Waals surface area contributed by atoms with Crippen LogP contribution in [-0.2, 0) is 9.53 Å². The van der Waals surface area contributed by atoms with Crippen LogP contribution in [0.5, 0.6) is 0 Å². The van der Waals surface area contributed by atoms with Crippen LogP contribution >= 0.6 is 0 Å². The van der Waals surface area contributed by atoms with E-state index in [-0.39, 0.29) is 12.1 Å². The zero-order valence-electron chi connectivity index (χ0n) is 12.9. The summed E-state index contributed by atoms with van der Waals surface area (Å²) < 4.78 is 5.42. The van der Waals surface area contributed by atoms with Crippen LogP contribution in [0.15, 0.2) is 0 Å². The molecular weight excluding hydrogens is 254 g/mol. The van der Waals surface area contributed by atoms with Gasteiger partial charge >= 0.3 is 6.09 Å². The summed E-state index contributed by atoms with van der Waals surface area (Å²) in [5.74, 6) is 1.15. The van der Waals surface area contributed by atoms with Gasteiger partial charge < -0.3 is 9.53 Å². The van der Waals surface area contributed by atoms with Gasteiger partial charge in [0.2, 0.25) is 0 Å². The van der Waals surface area contributed by atoms with Crippen molar-refractivity contribution in [1.82, 2.24) is 4.90 Å². The van der Waals surface area contributed by atoms with Gasteiger partial charge in [-0.1, -0.05) is 32.1 Å². The summed E-state index contributed by atoms with van der Waals surface area (Å²) in [6.45, 7) is 6.25. The van der Waals surface area contributed by atoms with E-state index in [2.05, 4.69) is 0 Å².